The smallest absolute Gasteiger partial charge is 0.339 e. The first kappa shape index (κ1) is 44.6. The topological polar surface area (TPSA) is 161 Å². The van der Waals surface area contributed by atoms with E-state index in [0.29, 0.717) is 44.3 Å². The van der Waals surface area contributed by atoms with E-state index in [2.05, 4.69) is 13.2 Å². The van der Waals surface area contributed by atoms with E-state index in [4.69, 9.17) is 28.4 Å². The van der Waals surface area contributed by atoms with Crippen molar-refractivity contribution in [3.63, 3.8) is 0 Å². The zero-order valence-electron chi connectivity index (χ0n) is 33.9. The van der Waals surface area contributed by atoms with Gasteiger partial charge in [0.2, 0.25) is 12.2 Å². The fourth-order valence-corrected chi connectivity index (χ4v) is 6.55. The number of rotatable bonds is 24. The van der Waals surface area contributed by atoms with E-state index in [1.54, 1.807) is 55.5 Å². The fourth-order valence-electron chi connectivity index (χ4n) is 6.55. The number of hydrogen-bond acceptors (Lipinski definition) is 12. The van der Waals surface area contributed by atoms with Gasteiger partial charge in [-0.3, -0.25) is 14.5 Å². The lowest BCUT2D eigenvalue weighted by atomic mass is 10.1. The molecule has 60 heavy (non-hydrogen) atoms. The number of benzene rings is 4. The second kappa shape index (κ2) is 22.6. The summed E-state index contributed by atoms with van der Waals surface area (Å²) in [7, 11) is 0. The Hall–Kier alpha value is -6.50. The Morgan fingerprint density at radius 1 is 0.550 bits per heavy atom. The van der Waals surface area contributed by atoms with Crippen LogP contribution in [-0.2, 0) is 38.1 Å². The number of amides is 2. The largest absolute Gasteiger partial charge is 0.494 e. The maximum atomic E-state index is 13.5. The first-order chi connectivity index (χ1) is 29.1. The Bertz CT molecular complexity index is 2040. The summed E-state index contributed by atoms with van der Waals surface area (Å²) in [5.41, 5.74) is 0.298. The summed E-state index contributed by atoms with van der Waals surface area (Å²) in [5, 5.41) is 3.08. The minimum atomic E-state index is -1.66. The monoisotopic (exact) mass is 821 g/mol. The number of nitrogens with zero attached hydrogens (tertiary/aromatic N) is 1. The molecule has 2 atom stereocenters. The van der Waals surface area contributed by atoms with Gasteiger partial charge >= 0.3 is 23.9 Å². The number of imide groups is 1. The number of ether oxygens (including phenoxy) is 6. The molecule has 1 saturated heterocycles. The molecule has 13 nitrogen and oxygen atoms in total. The van der Waals surface area contributed by atoms with Crippen LogP contribution in [0.15, 0.2) is 98.1 Å². The molecule has 1 aliphatic heterocycles. The van der Waals surface area contributed by atoms with Crippen molar-refractivity contribution in [2.24, 2.45) is 0 Å². The van der Waals surface area contributed by atoms with E-state index < -0.39 is 47.9 Å². The van der Waals surface area contributed by atoms with E-state index in [9.17, 15) is 28.8 Å². The summed E-state index contributed by atoms with van der Waals surface area (Å²) in [6.45, 7) is 10.4. The molecule has 0 unspecified atom stereocenters. The summed E-state index contributed by atoms with van der Waals surface area (Å²) in [5.74, 6) is -2.72. The third-order valence-corrected chi connectivity index (χ3v) is 9.74. The minimum absolute atomic E-state index is 0.0704. The molecular weight excluding hydrogens is 771 g/mol. The van der Waals surface area contributed by atoms with Crippen LogP contribution in [0.3, 0.4) is 0 Å². The predicted molar refractivity (Wildman–Crippen MR) is 224 cm³/mol. The standard InChI is InChI=1S/C47H51NO12/c1-4-23-48-44(51)42(59-46(53)36-17-15-34-30-38(21-19-32(34)28-36)55-24-11-7-9-13-26-57-40(49)5-2)43(45(48)52)60-47(54)37-18-16-35-31-39(22-20-33(35)29-37)56-25-12-8-10-14-27-58-41(50)6-3/h5-6,15-22,28-31,42-43H,2-4,7-14,23-27H2,1H3/t42-,43-/m1/s1. The highest BCUT2D eigenvalue weighted by molar-refractivity contribution is 6.10. The van der Waals surface area contributed by atoms with Gasteiger partial charge in [-0.1, -0.05) is 44.3 Å². The molecule has 0 bridgehead atoms. The van der Waals surface area contributed by atoms with Crippen molar-refractivity contribution in [2.45, 2.75) is 76.9 Å². The first-order valence-corrected chi connectivity index (χ1v) is 20.3. The van der Waals surface area contributed by atoms with Crippen LogP contribution in [0.5, 0.6) is 11.5 Å². The molecule has 4 aromatic carbocycles. The van der Waals surface area contributed by atoms with Crippen molar-refractivity contribution in [3.05, 3.63) is 109 Å². The Morgan fingerprint density at radius 3 is 1.33 bits per heavy atom. The van der Waals surface area contributed by atoms with Gasteiger partial charge in [0.05, 0.1) is 37.6 Å². The number of unbranched alkanes of at least 4 members (excludes halogenated alkanes) is 6. The fraction of sp³-hybridized carbons (Fsp3) is 0.362. The van der Waals surface area contributed by atoms with Crippen molar-refractivity contribution < 1.29 is 57.2 Å². The Labute approximate surface area is 349 Å². The average molecular weight is 822 g/mol. The molecule has 1 aliphatic rings. The van der Waals surface area contributed by atoms with Gasteiger partial charge in [0, 0.05) is 18.7 Å². The van der Waals surface area contributed by atoms with Gasteiger partial charge in [0.15, 0.2) is 0 Å². The minimum Gasteiger partial charge on any atom is -0.494 e. The molecule has 316 valence electrons. The second-order valence-electron chi connectivity index (χ2n) is 14.2. The Balaban J connectivity index is 1.15. The van der Waals surface area contributed by atoms with Crippen LogP contribution >= 0.6 is 0 Å². The van der Waals surface area contributed by atoms with Crippen LogP contribution in [0.4, 0.5) is 0 Å². The highest BCUT2D eigenvalue weighted by atomic mass is 16.6. The molecule has 13 heteroatoms. The molecule has 0 spiro atoms. The summed E-state index contributed by atoms with van der Waals surface area (Å²) < 4.78 is 33.1. The maximum absolute atomic E-state index is 13.5. The van der Waals surface area contributed by atoms with E-state index in [-0.39, 0.29) is 17.7 Å². The zero-order chi connectivity index (χ0) is 42.9. The van der Waals surface area contributed by atoms with Gasteiger partial charge in [0.25, 0.3) is 11.8 Å². The van der Waals surface area contributed by atoms with Gasteiger partial charge < -0.3 is 28.4 Å². The van der Waals surface area contributed by atoms with Gasteiger partial charge in [0.1, 0.15) is 11.5 Å². The highest BCUT2D eigenvalue weighted by Gasteiger charge is 2.52. The molecule has 4 aromatic rings. The molecule has 0 radical (unpaired) electrons. The molecule has 0 saturated carbocycles. The number of carbonyl (C=O) groups is 6. The third kappa shape index (κ3) is 12.5. The number of hydrogen-bond donors (Lipinski definition) is 0. The number of carbonyl (C=O) groups excluding carboxylic acids is 6. The zero-order valence-corrected chi connectivity index (χ0v) is 33.9. The second-order valence-corrected chi connectivity index (χ2v) is 14.2. The Kier molecular flexibility index (Phi) is 16.8. The van der Waals surface area contributed by atoms with Gasteiger partial charge in [-0.2, -0.15) is 0 Å². The lowest BCUT2D eigenvalue weighted by Crippen LogP contribution is -2.37. The molecule has 2 amide bonds. The van der Waals surface area contributed by atoms with Crippen molar-refractivity contribution in [2.75, 3.05) is 33.0 Å². The van der Waals surface area contributed by atoms with Crippen molar-refractivity contribution >= 4 is 57.2 Å². The lowest BCUT2D eigenvalue weighted by Gasteiger charge is -2.17. The summed E-state index contributed by atoms with van der Waals surface area (Å²) in [4.78, 5) is 77.0. The van der Waals surface area contributed by atoms with Crippen LogP contribution in [0.2, 0.25) is 0 Å². The van der Waals surface area contributed by atoms with E-state index in [0.717, 1.165) is 90.0 Å². The van der Waals surface area contributed by atoms with Crippen molar-refractivity contribution in [1.82, 2.24) is 4.90 Å². The predicted octanol–water partition coefficient (Wildman–Crippen LogP) is 7.86. The van der Waals surface area contributed by atoms with Crippen LogP contribution in [0, 0.1) is 0 Å². The molecule has 1 fully saturated rings. The normalized spacial score (nSPS) is 14.8. The average Bonchev–Trinajstić information content (AvgIpc) is 3.47. The highest BCUT2D eigenvalue weighted by Crippen LogP contribution is 2.28. The van der Waals surface area contributed by atoms with Gasteiger partial charge in [-0.05, 0) is 128 Å². The lowest BCUT2D eigenvalue weighted by molar-refractivity contribution is -0.142. The van der Waals surface area contributed by atoms with Crippen molar-refractivity contribution in [3.8, 4) is 11.5 Å². The number of esters is 4. The first-order valence-electron chi connectivity index (χ1n) is 20.3. The Morgan fingerprint density at radius 2 is 0.933 bits per heavy atom. The van der Waals surface area contributed by atoms with E-state index in [1.807, 2.05) is 24.3 Å². The third-order valence-electron chi connectivity index (χ3n) is 9.74. The van der Waals surface area contributed by atoms with Gasteiger partial charge in [-0.15, -0.1) is 0 Å². The molecule has 0 aromatic heterocycles. The molecule has 0 N–H and O–H groups in total. The summed E-state index contributed by atoms with van der Waals surface area (Å²) in [6, 6.07) is 20.7. The number of fused-ring (bicyclic) bond motifs is 2. The molecule has 5 rings (SSSR count). The quantitative estimate of drug-likeness (QED) is 0.0222. The van der Waals surface area contributed by atoms with E-state index in [1.165, 1.54) is 0 Å². The van der Waals surface area contributed by atoms with Crippen LogP contribution in [0.1, 0.15) is 85.4 Å². The summed E-state index contributed by atoms with van der Waals surface area (Å²) >= 11 is 0. The van der Waals surface area contributed by atoms with Gasteiger partial charge in [-0.25, -0.2) is 19.2 Å². The van der Waals surface area contributed by atoms with Crippen LogP contribution < -0.4 is 9.47 Å². The molecule has 1 heterocycles. The van der Waals surface area contributed by atoms with Crippen LogP contribution in [0.25, 0.3) is 21.5 Å². The summed E-state index contributed by atoms with van der Waals surface area (Å²) in [6.07, 6.45) is 6.24. The van der Waals surface area contributed by atoms with Crippen LogP contribution in [-0.4, -0.2) is 85.8 Å². The number of likely N-dealkylation sites (tertiary alicyclic amines) is 1. The molecular formula is C47H51NO12. The SMILES string of the molecule is C=CC(=O)OCCCCCCOc1ccc2cc(C(=O)O[C@H]3C(=O)N(CCC)C(=O)[C@@H]3OC(=O)c3ccc4cc(OCCCCCCOC(=O)C=C)ccc4c3)ccc2c1. The van der Waals surface area contributed by atoms with Crippen molar-refractivity contribution in [1.29, 1.82) is 0 Å². The van der Waals surface area contributed by atoms with E-state index >= 15 is 0 Å². The maximum Gasteiger partial charge on any atom is 0.339 e. The molecule has 0 aliphatic carbocycles.